The average molecular weight is 433 g/mol. The number of unbranched alkanes of at least 4 members (excludes halogenated alkanes) is 1. The monoisotopic (exact) mass is 432 g/mol. The van der Waals surface area contributed by atoms with Crippen LogP contribution >= 0.6 is 0 Å². The first-order chi connectivity index (χ1) is 15.6. The van der Waals surface area contributed by atoms with Gasteiger partial charge < -0.3 is 9.47 Å². The fraction of sp³-hybridized carbons (Fsp3) is 0.552. The summed E-state index contributed by atoms with van der Waals surface area (Å²) in [5.74, 6) is 2.56. The Balaban J connectivity index is 1.30. The van der Waals surface area contributed by atoms with Crippen LogP contribution in [0.1, 0.15) is 86.2 Å². The molecule has 170 valence electrons. The van der Waals surface area contributed by atoms with Crippen molar-refractivity contribution in [1.29, 1.82) is 0 Å². The topological polar surface area (TPSA) is 35.5 Å². The molecular formula is C29H36O3. The highest BCUT2D eigenvalue weighted by molar-refractivity contribution is 5.91. The maximum atomic E-state index is 12.5. The largest absolute Gasteiger partial charge is 0.423 e. The van der Waals surface area contributed by atoms with E-state index in [1.807, 2.05) is 24.3 Å². The molecule has 2 aromatic rings. The summed E-state index contributed by atoms with van der Waals surface area (Å²) in [6, 6.07) is 15.6. The zero-order valence-electron chi connectivity index (χ0n) is 19.5. The number of ether oxygens (including phenoxy) is 2. The maximum Gasteiger partial charge on any atom is 0.343 e. The number of hydrogen-bond acceptors (Lipinski definition) is 3. The number of carbonyl (C=O) groups is 1. The van der Waals surface area contributed by atoms with Crippen molar-refractivity contribution >= 4 is 5.97 Å². The molecule has 2 saturated carbocycles. The van der Waals surface area contributed by atoms with Gasteiger partial charge in [-0.05, 0) is 104 Å². The fourth-order valence-corrected chi connectivity index (χ4v) is 6.96. The van der Waals surface area contributed by atoms with Crippen molar-refractivity contribution in [3.8, 4) is 5.75 Å². The molecule has 0 aliphatic heterocycles. The van der Waals surface area contributed by atoms with Gasteiger partial charge in [0.25, 0.3) is 0 Å². The van der Waals surface area contributed by atoms with Crippen LogP contribution in [0.5, 0.6) is 5.75 Å². The second-order valence-electron chi connectivity index (χ2n) is 10.4. The van der Waals surface area contributed by atoms with Gasteiger partial charge in [0.2, 0.25) is 0 Å². The van der Waals surface area contributed by atoms with Crippen LogP contribution in [-0.2, 0) is 11.2 Å². The van der Waals surface area contributed by atoms with Gasteiger partial charge in [0.1, 0.15) is 5.75 Å². The summed E-state index contributed by atoms with van der Waals surface area (Å²) < 4.78 is 12.1. The lowest BCUT2D eigenvalue weighted by Crippen LogP contribution is -2.44. The molecule has 0 unspecified atom stereocenters. The first-order valence-corrected chi connectivity index (χ1v) is 12.6. The summed E-state index contributed by atoms with van der Waals surface area (Å²) in [6.45, 7) is 5.67. The summed E-state index contributed by atoms with van der Waals surface area (Å²) >= 11 is 0. The number of hydrogen-bond donors (Lipinski definition) is 0. The highest BCUT2D eigenvalue weighted by Gasteiger charge is 2.55. The summed E-state index contributed by atoms with van der Waals surface area (Å²) in [5.41, 5.74) is 3.81. The lowest BCUT2D eigenvalue weighted by atomic mass is 9.55. The van der Waals surface area contributed by atoms with Crippen LogP contribution in [0.25, 0.3) is 0 Å². The van der Waals surface area contributed by atoms with Crippen LogP contribution in [0.15, 0.2) is 48.5 Å². The molecule has 5 atom stereocenters. The summed E-state index contributed by atoms with van der Waals surface area (Å²) in [5, 5.41) is 0. The summed E-state index contributed by atoms with van der Waals surface area (Å²) in [4.78, 5) is 12.5. The second kappa shape index (κ2) is 9.02. The molecule has 0 N–H and O–H groups in total. The quantitative estimate of drug-likeness (QED) is 0.281. The van der Waals surface area contributed by atoms with Crippen LogP contribution in [0.2, 0.25) is 0 Å². The molecule has 0 aromatic heterocycles. The molecule has 2 fully saturated rings. The van der Waals surface area contributed by atoms with Gasteiger partial charge in [-0.15, -0.1) is 0 Å². The third kappa shape index (κ3) is 3.90. The van der Waals surface area contributed by atoms with Crippen LogP contribution in [-0.4, -0.2) is 18.7 Å². The molecule has 0 bridgehead atoms. The van der Waals surface area contributed by atoms with Gasteiger partial charge in [0, 0.05) is 6.61 Å². The molecule has 3 aliphatic carbocycles. The molecular weight excluding hydrogens is 396 g/mol. The van der Waals surface area contributed by atoms with E-state index in [2.05, 4.69) is 26.0 Å². The molecule has 2 aromatic carbocycles. The van der Waals surface area contributed by atoms with Crippen LogP contribution in [0.3, 0.4) is 0 Å². The van der Waals surface area contributed by atoms with Gasteiger partial charge in [-0.25, -0.2) is 4.79 Å². The van der Waals surface area contributed by atoms with E-state index in [9.17, 15) is 4.79 Å². The van der Waals surface area contributed by atoms with Crippen molar-refractivity contribution in [1.82, 2.24) is 0 Å². The minimum Gasteiger partial charge on any atom is -0.423 e. The highest BCUT2D eigenvalue weighted by Crippen LogP contribution is 2.61. The second-order valence-corrected chi connectivity index (χ2v) is 10.4. The Morgan fingerprint density at radius 3 is 2.72 bits per heavy atom. The molecule has 5 rings (SSSR count). The van der Waals surface area contributed by atoms with Crippen molar-refractivity contribution in [2.24, 2.45) is 17.3 Å². The number of esters is 1. The number of carbonyl (C=O) groups excluding carboxylic acids is 1. The van der Waals surface area contributed by atoms with Crippen LogP contribution in [0, 0.1) is 17.3 Å². The van der Waals surface area contributed by atoms with Gasteiger partial charge >= 0.3 is 5.97 Å². The van der Waals surface area contributed by atoms with E-state index in [-0.39, 0.29) is 5.97 Å². The summed E-state index contributed by atoms with van der Waals surface area (Å²) in [7, 11) is 0. The van der Waals surface area contributed by atoms with Crippen LogP contribution in [0.4, 0.5) is 0 Å². The Morgan fingerprint density at radius 1 is 1.06 bits per heavy atom. The maximum absolute atomic E-state index is 12.5. The number of benzene rings is 2. The Labute approximate surface area is 192 Å². The molecule has 0 heterocycles. The minimum atomic E-state index is -0.285. The molecule has 3 nitrogen and oxygen atoms in total. The predicted molar refractivity (Wildman–Crippen MR) is 127 cm³/mol. The van der Waals surface area contributed by atoms with E-state index in [1.54, 1.807) is 12.1 Å². The molecule has 0 spiro atoms. The van der Waals surface area contributed by atoms with Gasteiger partial charge in [0.05, 0.1) is 11.7 Å². The predicted octanol–water partition coefficient (Wildman–Crippen LogP) is 6.95. The van der Waals surface area contributed by atoms with Gasteiger partial charge in [0.15, 0.2) is 0 Å². The fourth-order valence-electron chi connectivity index (χ4n) is 6.96. The van der Waals surface area contributed by atoms with Crippen molar-refractivity contribution in [3.63, 3.8) is 0 Å². The summed E-state index contributed by atoms with van der Waals surface area (Å²) in [6.07, 6.45) is 10.2. The average Bonchev–Trinajstić information content (AvgIpc) is 3.16. The first-order valence-electron chi connectivity index (χ1n) is 12.6. The lowest BCUT2D eigenvalue weighted by molar-refractivity contribution is -0.0644. The smallest absolute Gasteiger partial charge is 0.343 e. The zero-order valence-corrected chi connectivity index (χ0v) is 19.5. The third-order valence-corrected chi connectivity index (χ3v) is 8.65. The van der Waals surface area contributed by atoms with E-state index in [0.717, 1.165) is 24.9 Å². The molecule has 0 saturated heterocycles. The van der Waals surface area contributed by atoms with Gasteiger partial charge in [-0.3, -0.25) is 0 Å². The number of rotatable bonds is 6. The SMILES string of the molecule is CCCCO[C@H]1CC[C@H]2[C@@H]3CCc4cc(OC(=O)c5ccccc5)ccc4[C@H]3CC[C@]12C. The lowest BCUT2D eigenvalue weighted by Gasteiger charge is -2.50. The van der Waals surface area contributed by atoms with Crippen molar-refractivity contribution in [2.45, 2.75) is 77.2 Å². The standard InChI is InChI=1S/C29H36O3/c1-3-4-18-31-27-15-14-26-25-12-10-21-19-22(32-28(30)20-8-6-5-7-9-20)11-13-23(21)24(25)16-17-29(26,27)2/h5-9,11,13,19,24-27H,3-4,10,12,14-18H2,1-2H3/t24-,25-,26+,27+,29+/m1/s1. The molecule has 3 aliphatic rings. The number of fused-ring (bicyclic) bond motifs is 5. The van der Waals surface area contributed by atoms with Crippen LogP contribution < -0.4 is 4.74 Å². The van der Waals surface area contributed by atoms with E-state index >= 15 is 0 Å². The Morgan fingerprint density at radius 2 is 1.91 bits per heavy atom. The highest BCUT2D eigenvalue weighted by atomic mass is 16.5. The zero-order chi connectivity index (χ0) is 22.1. The molecule has 32 heavy (non-hydrogen) atoms. The Bertz CT molecular complexity index is 952. The Kier molecular flexibility index (Phi) is 6.11. The van der Waals surface area contributed by atoms with Crippen molar-refractivity contribution in [3.05, 3.63) is 65.2 Å². The Hall–Kier alpha value is -2.13. The van der Waals surface area contributed by atoms with E-state index in [0.29, 0.717) is 28.7 Å². The van der Waals surface area contributed by atoms with E-state index < -0.39 is 0 Å². The first kappa shape index (κ1) is 21.7. The van der Waals surface area contributed by atoms with E-state index in [1.165, 1.54) is 56.1 Å². The minimum absolute atomic E-state index is 0.285. The normalized spacial score (nSPS) is 30.8. The van der Waals surface area contributed by atoms with Gasteiger partial charge in [-0.2, -0.15) is 0 Å². The third-order valence-electron chi connectivity index (χ3n) is 8.65. The van der Waals surface area contributed by atoms with E-state index in [4.69, 9.17) is 9.47 Å². The van der Waals surface area contributed by atoms with Crippen molar-refractivity contribution in [2.75, 3.05) is 6.61 Å². The molecule has 0 radical (unpaired) electrons. The van der Waals surface area contributed by atoms with Gasteiger partial charge in [-0.1, -0.05) is 44.5 Å². The number of aryl methyl sites for hydroxylation is 1. The molecule has 0 amide bonds. The van der Waals surface area contributed by atoms with Crippen molar-refractivity contribution < 1.29 is 14.3 Å². The molecule has 3 heteroatoms.